The van der Waals surface area contributed by atoms with Gasteiger partial charge in [0.1, 0.15) is 0 Å². The van der Waals surface area contributed by atoms with Crippen LogP contribution in [0, 0.1) is 0 Å². The molecule has 0 saturated heterocycles. The van der Waals surface area contributed by atoms with E-state index in [1.807, 2.05) is 0 Å². The third kappa shape index (κ3) is 5.01. The molecule has 0 atom stereocenters. The molecule has 1 aromatic rings. The molecule has 0 saturated carbocycles. The number of nitrogens with one attached hydrogen (secondary N) is 1. The van der Waals surface area contributed by atoms with Crippen LogP contribution in [0.4, 0.5) is 0 Å². The molecule has 88 valence electrons. The Morgan fingerprint density at radius 3 is 2.44 bits per heavy atom. The molecule has 0 heterocycles. The summed E-state index contributed by atoms with van der Waals surface area (Å²) in [5.41, 5.74) is 2.66. The Hall–Kier alpha value is -1.24. The average Bonchev–Trinajstić information content (AvgIpc) is 2.34. The van der Waals surface area contributed by atoms with Crippen LogP contribution in [0.3, 0.4) is 0 Å². The summed E-state index contributed by atoms with van der Waals surface area (Å²) in [6.45, 7) is 5.49. The summed E-state index contributed by atoms with van der Waals surface area (Å²) in [6.07, 6.45) is 9.15. The smallest absolute Gasteiger partial charge is 0.0141 e. The lowest BCUT2D eigenvalue weighted by molar-refractivity contribution is 0.684. The number of unbranched alkanes of at least 4 members (excludes halogenated alkanes) is 2. The van der Waals surface area contributed by atoms with E-state index in [1.165, 1.54) is 30.4 Å². The first-order valence-electron chi connectivity index (χ1n) is 6.35. The van der Waals surface area contributed by atoms with Crippen LogP contribution in [0.15, 0.2) is 30.5 Å². The maximum atomic E-state index is 3.32. The highest BCUT2D eigenvalue weighted by atomic mass is 14.8. The molecule has 0 amide bonds. The summed E-state index contributed by atoms with van der Waals surface area (Å²) in [5, 5.41) is 3.32. The van der Waals surface area contributed by atoms with Crippen LogP contribution in [0.25, 0.3) is 6.08 Å². The van der Waals surface area contributed by atoms with Gasteiger partial charge >= 0.3 is 0 Å². The fourth-order valence-electron chi connectivity index (χ4n) is 1.58. The molecule has 0 radical (unpaired) electrons. The molecular formula is C15H23N. The Balaban J connectivity index is 2.27. The Kier molecular flexibility index (Phi) is 6.39. The molecule has 0 fully saturated rings. The van der Waals surface area contributed by atoms with Crippen LogP contribution in [0.1, 0.15) is 44.2 Å². The zero-order valence-corrected chi connectivity index (χ0v) is 10.5. The highest BCUT2D eigenvalue weighted by molar-refractivity contribution is 5.49. The molecule has 1 N–H and O–H groups in total. The molecule has 0 aliphatic rings. The van der Waals surface area contributed by atoms with E-state index in [-0.39, 0.29) is 0 Å². The van der Waals surface area contributed by atoms with E-state index in [0.29, 0.717) is 0 Å². The maximum Gasteiger partial charge on any atom is 0.0141 e. The first kappa shape index (κ1) is 12.8. The van der Waals surface area contributed by atoms with Crippen molar-refractivity contribution in [1.82, 2.24) is 5.32 Å². The predicted octanol–water partition coefficient (Wildman–Crippen LogP) is 4.00. The van der Waals surface area contributed by atoms with Gasteiger partial charge in [-0.15, -0.1) is 0 Å². The molecule has 16 heavy (non-hydrogen) atoms. The quantitative estimate of drug-likeness (QED) is 0.681. The van der Waals surface area contributed by atoms with Gasteiger partial charge in [-0.05, 0) is 36.2 Å². The highest BCUT2D eigenvalue weighted by Gasteiger charge is 1.88. The number of hydrogen-bond acceptors (Lipinski definition) is 1. The van der Waals surface area contributed by atoms with Gasteiger partial charge in [-0.25, -0.2) is 0 Å². The second-order valence-corrected chi connectivity index (χ2v) is 4.09. The summed E-state index contributed by atoms with van der Waals surface area (Å²) in [4.78, 5) is 0. The molecule has 0 bridgehead atoms. The summed E-state index contributed by atoms with van der Waals surface area (Å²) >= 11 is 0. The van der Waals surface area contributed by atoms with E-state index in [4.69, 9.17) is 0 Å². The average molecular weight is 217 g/mol. The predicted molar refractivity (Wildman–Crippen MR) is 72.4 cm³/mol. The molecule has 1 aromatic carbocycles. The zero-order valence-electron chi connectivity index (χ0n) is 10.5. The largest absolute Gasteiger partial charge is 0.391 e. The van der Waals surface area contributed by atoms with Crippen molar-refractivity contribution in [3.8, 4) is 0 Å². The van der Waals surface area contributed by atoms with Gasteiger partial charge < -0.3 is 5.32 Å². The van der Waals surface area contributed by atoms with Crippen molar-refractivity contribution in [1.29, 1.82) is 0 Å². The Labute approximate surface area is 99.6 Å². The number of hydrogen-bond donors (Lipinski definition) is 1. The molecule has 1 rings (SSSR count). The van der Waals surface area contributed by atoms with Gasteiger partial charge in [0.05, 0.1) is 0 Å². The fraction of sp³-hybridized carbons (Fsp3) is 0.467. The maximum absolute atomic E-state index is 3.32. The van der Waals surface area contributed by atoms with Crippen molar-refractivity contribution in [3.05, 3.63) is 41.6 Å². The number of benzene rings is 1. The van der Waals surface area contributed by atoms with Crippen molar-refractivity contribution >= 4 is 6.08 Å². The molecule has 1 nitrogen and oxygen atoms in total. The van der Waals surface area contributed by atoms with Crippen LogP contribution in [-0.4, -0.2) is 6.54 Å². The monoisotopic (exact) mass is 217 g/mol. The topological polar surface area (TPSA) is 12.0 Å². The van der Waals surface area contributed by atoms with Gasteiger partial charge in [0.2, 0.25) is 0 Å². The summed E-state index contributed by atoms with van der Waals surface area (Å²) in [7, 11) is 0. The number of aryl methyl sites for hydroxylation is 1. The highest BCUT2D eigenvalue weighted by Crippen LogP contribution is 2.06. The molecule has 0 aromatic heterocycles. The van der Waals surface area contributed by atoms with Crippen LogP contribution in [0.2, 0.25) is 0 Å². The lowest BCUT2D eigenvalue weighted by atomic mass is 10.1. The van der Waals surface area contributed by atoms with Gasteiger partial charge in [-0.2, -0.15) is 0 Å². The summed E-state index contributed by atoms with van der Waals surface area (Å²) in [5.74, 6) is 0. The SMILES string of the molecule is CCCCCNC=Cc1ccc(CC)cc1. The molecule has 0 aliphatic heterocycles. The molecule has 0 spiro atoms. The van der Waals surface area contributed by atoms with Crippen LogP contribution >= 0.6 is 0 Å². The van der Waals surface area contributed by atoms with E-state index in [1.54, 1.807) is 0 Å². The Bertz CT molecular complexity index is 298. The van der Waals surface area contributed by atoms with Crippen LogP contribution in [0.5, 0.6) is 0 Å². The van der Waals surface area contributed by atoms with Gasteiger partial charge in [-0.3, -0.25) is 0 Å². The minimum atomic E-state index is 1.08. The minimum absolute atomic E-state index is 1.08. The van der Waals surface area contributed by atoms with Crippen molar-refractivity contribution in [2.24, 2.45) is 0 Å². The van der Waals surface area contributed by atoms with Gasteiger partial charge in [-0.1, -0.05) is 51.0 Å². The minimum Gasteiger partial charge on any atom is -0.391 e. The lowest BCUT2D eigenvalue weighted by Gasteiger charge is -2.00. The second-order valence-electron chi connectivity index (χ2n) is 4.09. The van der Waals surface area contributed by atoms with Gasteiger partial charge in [0, 0.05) is 6.54 Å². The standard InChI is InChI=1S/C15H23N/c1-3-5-6-12-16-13-11-15-9-7-14(4-2)8-10-15/h7-11,13,16H,3-6,12H2,1-2H3. The van der Waals surface area contributed by atoms with Crippen molar-refractivity contribution in [2.45, 2.75) is 39.5 Å². The normalized spacial score (nSPS) is 10.9. The third-order valence-electron chi connectivity index (χ3n) is 2.71. The zero-order chi connectivity index (χ0) is 11.6. The summed E-state index contributed by atoms with van der Waals surface area (Å²) < 4.78 is 0. The first-order chi connectivity index (χ1) is 7.86. The lowest BCUT2D eigenvalue weighted by Crippen LogP contribution is -2.05. The van der Waals surface area contributed by atoms with Crippen molar-refractivity contribution in [2.75, 3.05) is 6.54 Å². The fourth-order valence-corrected chi connectivity index (χ4v) is 1.58. The second kappa shape index (κ2) is 7.98. The van der Waals surface area contributed by atoms with E-state index >= 15 is 0 Å². The van der Waals surface area contributed by atoms with E-state index < -0.39 is 0 Å². The van der Waals surface area contributed by atoms with E-state index in [9.17, 15) is 0 Å². The van der Waals surface area contributed by atoms with Crippen LogP contribution < -0.4 is 5.32 Å². The molecule has 0 unspecified atom stereocenters. The number of rotatable bonds is 7. The van der Waals surface area contributed by atoms with Crippen LogP contribution in [-0.2, 0) is 6.42 Å². The molecule has 0 aliphatic carbocycles. The Morgan fingerprint density at radius 2 is 1.81 bits per heavy atom. The van der Waals surface area contributed by atoms with E-state index in [0.717, 1.165) is 13.0 Å². The van der Waals surface area contributed by atoms with Crippen molar-refractivity contribution in [3.63, 3.8) is 0 Å². The van der Waals surface area contributed by atoms with Gasteiger partial charge in [0.25, 0.3) is 0 Å². The first-order valence-corrected chi connectivity index (χ1v) is 6.35. The van der Waals surface area contributed by atoms with Gasteiger partial charge in [0.15, 0.2) is 0 Å². The Morgan fingerprint density at radius 1 is 1.06 bits per heavy atom. The molecule has 1 heteroatoms. The van der Waals surface area contributed by atoms with Crippen molar-refractivity contribution < 1.29 is 0 Å². The molecular weight excluding hydrogens is 194 g/mol. The summed E-state index contributed by atoms with van der Waals surface area (Å²) in [6, 6.07) is 8.72. The third-order valence-corrected chi connectivity index (χ3v) is 2.71. The van der Waals surface area contributed by atoms with E-state index in [2.05, 4.69) is 55.7 Å².